The maximum Gasteiger partial charge on any atom is 0.416 e. The predicted octanol–water partition coefficient (Wildman–Crippen LogP) is 1.38. The first-order chi connectivity index (χ1) is 6.32. The molecule has 0 aliphatic rings. The lowest BCUT2D eigenvalue weighted by atomic mass is 10.1. The zero-order valence-corrected chi connectivity index (χ0v) is 7.18. The number of alkyl halides is 3. The number of carboxylic acid groups (broad SMARTS) is 1. The summed E-state index contributed by atoms with van der Waals surface area (Å²) >= 11 is 0. The van der Waals surface area contributed by atoms with Crippen molar-refractivity contribution >= 4 is 5.97 Å². The summed E-state index contributed by atoms with van der Waals surface area (Å²) in [4.78, 5) is 10.4. The van der Waals surface area contributed by atoms with E-state index in [2.05, 4.69) is 0 Å². The molecule has 2 nitrogen and oxygen atoms in total. The predicted molar refractivity (Wildman–Crippen MR) is 40.5 cm³/mol. The smallest absolute Gasteiger partial charge is 0.416 e. The van der Waals surface area contributed by atoms with Gasteiger partial charge in [0.2, 0.25) is 0 Å². The van der Waals surface area contributed by atoms with Gasteiger partial charge in [-0.15, -0.1) is 0 Å². The fraction of sp³-hybridized carbons (Fsp3) is 0.222. The number of carboxylic acids is 1. The van der Waals surface area contributed by atoms with Crippen LogP contribution in [0.2, 0.25) is 0 Å². The molecule has 0 atom stereocenters. The zero-order chi connectivity index (χ0) is 10.9. The van der Waals surface area contributed by atoms with Crippen LogP contribution in [0.25, 0.3) is 0 Å². The molecule has 0 fully saturated rings. The SMILES string of the molecule is Cc1ccc(C(F)(F)F)cc1C(=O)[O-]. The van der Waals surface area contributed by atoms with Crippen LogP contribution in [0.5, 0.6) is 0 Å². The van der Waals surface area contributed by atoms with Crippen molar-refractivity contribution in [3.63, 3.8) is 0 Å². The Kier molecular flexibility index (Phi) is 2.51. The number of carbonyl (C=O) groups excluding carboxylic acids is 1. The van der Waals surface area contributed by atoms with Crippen LogP contribution in [0.1, 0.15) is 21.5 Å². The standard InChI is InChI=1S/C9H7F3O2/c1-5-2-3-6(9(10,11)12)4-7(5)8(13)14/h2-4H,1H3,(H,13,14)/p-1. The van der Waals surface area contributed by atoms with Gasteiger partial charge in [0.15, 0.2) is 0 Å². The zero-order valence-electron chi connectivity index (χ0n) is 7.18. The van der Waals surface area contributed by atoms with Gasteiger partial charge in [0.05, 0.1) is 11.5 Å². The van der Waals surface area contributed by atoms with Crippen molar-refractivity contribution in [2.75, 3.05) is 0 Å². The van der Waals surface area contributed by atoms with Gasteiger partial charge < -0.3 is 9.90 Å². The molecule has 0 heterocycles. The summed E-state index contributed by atoms with van der Waals surface area (Å²) in [6.45, 7) is 1.41. The number of benzene rings is 1. The van der Waals surface area contributed by atoms with E-state index < -0.39 is 23.3 Å². The number of halogens is 3. The Morgan fingerprint density at radius 1 is 1.36 bits per heavy atom. The molecule has 0 amide bonds. The third-order valence-electron chi connectivity index (χ3n) is 1.78. The highest BCUT2D eigenvalue weighted by Crippen LogP contribution is 2.30. The van der Waals surface area contributed by atoms with Gasteiger partial charge in [-0.3, -0.25) is 0 Å². The van der Waals surface area contributed by atoms with E-state index in [1.165, 1.54) is 6.92 Å². The lowest BCUT2D eigenvalue weighted by Gasteiger charge is -2.11. The topological polar surface area (TPSA) is 40.1 Å². The van der Waals surface area contributed by atoms with Crippen LogP contribution >= 0.6 is 0 Å². The maximum atomic E-state index is 12.1. The highest BCUT2D eigenvalue weighted by Gasteiger charge is 2.30. The van der Waals surface area contributed by atoms with Crippen LogP contribution in [0.3, 0.4) is 0 Å². The molecule has 0 bridgehead atoms. The van der Waals surface area contributed by atoms with Gasteiger partial charge in [0, 0.05) is 5.56 Å². The lowest BCUT2D eigenvalue weighted by molar-refractivity contribution is -0.255. The molecule has 0 saturated heterocycles. The second kappa shape index (κ2) is 3.32. The molecule has 0 aliphatic heterocycles. The summed E-state index contributed by atoms with van der Waals surface area (Å²) in [7, 11) is 0. The molecular weight excluding hydrogens is 197 g/mol. The van der Waals surface area contributed by atoms with Crippen LogP contribution < -0.4 is 5.11 Å². The minimum absolute atomic E-state index is 0.248. The molecule has 0 saturated carbocycles. The van der Waals surface area contributed by atoms with E-state index in [9.17, 15) is 23.1 Å². The number of aromatic carboxylic acids is 1. The molecule has 1 aromatic carbocycles. The first-order valence-corrected chi connectivity index (χ1v) is 3.71. The van der Waals surface area contributed by atoms with Crippen molar-refractivity contribution < 1.29 is 23.1 Å². The van der Waals surface area contributed by atoms with Gasteiger partial charge in [0.1, 0.15) is 0 Å². The molecular formula is C9H6F3O2-. The van der Waals surface area contributed by atoms with E-state index in [1.807, 2.05) is 0 Å². The monoisotopic (exact) mass is 203 g/mol. The average molecular weight is 203 g/mol. The molecule has 0 N–H and O–H groups in total. The Bertz CT molecular complexity index is 369. The van der Waals surface area contributed by atoms with Gasteiger partial charge in [-0.2, -0.15) is 13.2 Å². The Hall–Kier alpha value is -1.52. The van der Waals surface area contributed by atoms with Crippen LogP contribution in [0.4, 0.5) is 13.2 Å². The van der Waals surface area contributed by atoms with Gasteiger partial charge in [-0.1, -0.05) is 6.07 Å². The first kappa shape index (κ1) is 10.6. The number of aryl methyl sites for hydroxylation is 1. The molecule has 0 radical (unpaired) electrons. The summed E-state index contributed by atoms with van der Waals surface area (Å²) in [6.07, 6.45) is -4.53. The maximum absolute atomic E-state index is 12.1. The summed E-state index contributed by atoms with van der Waals surface area (Å²) in [5, 5.41) is 10.4. The van der Waals surface area contributed by atoms with E-state index in [1.54, 1.807) is 0 Å². The highest BCUT2D eigenvalue weighted by molar-refractivity contribution is 5.87. The summed E-state index contributed by atoms with van der Waals surface area (Å²) in [6, 6.07) is 2.51. The van der Waals surface area contributed by atoms with Gasteiger partial charge in [-0.05, 0) is 24.6 Å². The van der Waals surface area contributed by atoms with Gasteiger partial charge in [0.25, 0.3) is 0 Å². The summed E-state index contributed by atoms with van der Waals surface area (Å²) < 4.78 is 36.4. The molecule has 0 spiro atoms. The number of rotatable bonds is 1. The molecule has 76 valence electrons. The Labute approximate surface area is 78.0 Å². The molecule has 14 heavy (non-hydrogen) atoms. The van der Waals surface area contributed by atoms with Crippen LogP contribution in [0, 0.1) is 6.92 Å². The number of hydrogen-bond acceptors (Lipinski definition) is 2. The van der Waals surface area contributed by atoms with E-state index in [-0.39, 0.29) is 5.56 Å². The highest BCUT2D eigenvalue weighted by atomic mass is 19.4. The average Bonchev–Trinajstić information content (AvgIpc) is 2.02. The van der Waals surface area contributed by atoms with Gasteiger partial charge >= 0.3 is 6.18 Å². The van der Waals surface area contributed by atoms with Crippen molar-refractivity contribution in [2.24, 2.45) is 0 Å². The van der Waals surface area contributed by atoms with E-state index in [0.29, 0.717) is 6.07 Å². The second-order valence-corrected chi connectivity index (χ2v) is 2.81. The molecule has 0 aliphatic carbocycles. The van der Waals surface area contributed by atoms with Crippen molar-refractivity contribution in [1.82, 2.24) is 0 Å². The van der Waals surface area contributed by atoms with Crippen molar-refractivity contribution in [3.05, 3.63) is 34.9 Å². The quantitative estimate of drug-likeness (QED) is 0.691. The van der Waals surface area contributed by atoms with Crippen molar-refractivity contribution in [1.29, 1.82) is 0 Å². The molecule has 0 unspecified atom stereocenters. The van der Waals surface area contributed by atoms with Crippen molar-refractivity contribution in [2.45, 2.75) is 13.1 Å². The normalized spacial score (nSPS) is 11.4. The molecule has 5 heteroatoms. The lowest BCUT2D eigenvalue weighted by Crippen LogP contribution is -2.24. The second-order valence-electron chi connectivity index (χ2n) is 2.81. The minimum Gasteiger partial charge on any atom is -0.545 e. The molecule has 1 aromatic rings. The number of carbonyl (C=O) groups is 1. The first-order valence-electron chi connectivity index (χ1n) is 3.71. The van der Waals surface area contributed by atoms with E-state index in [4.69, 9.17) is 0 Å². The van der Waals surface area contributed by atoms with Crippen LogP contribution in [-0.2, 0) is 6.18 Å². The van der Waals surface area contributed by atoms with E-state index >= 15 is 0 Å². The van der Waals surface area contributed by atoms with E-state index in [0.717, 1.165) is 12.1 Å². The Morgan fingerprint density at radius 3 is 2.36 bits per heavy atom. The fourth-order valence-electron chi connectivity index (χ4n) is 1.02. The Morgan fingerprint density at radius 2 is 1.93 bits per heavy atom. The third kappa shape index (κ3) is 2.04. The molecule has 0 aromatic heterocycles. The van der Waals surface area contributed by atoms with Crippen LogP contribution in [-0.4, -0.2) is 5.97 Å². The van der Waals surface area contributed by atoms with Crippen LogP contribution in [0.15, 0.2) is 18.2 Å². The minimum atomic E-state index is -4.53. The largest absolute Gasteiger partial charge is 0.545 e. The fourth-order valence-corrected chi connectivity index (χ4v) is 1.02. The molecule has 1 rings (SSSR count). The van der Waals surface area contributed by atoms with Gasteiger partial charge in [-0.25, -0.2) is 0 Å². The third-order valence-corrected chi connectivity index (χ3v) is 1.78. The summed E-state index contributed by atoms with van der Waals surface area (Å²) in [5.74, 6) is -1.60. The summed E-state index contributed by atoms with van der Waals surface area (Å²) in [5.41, 5.74) is -1.17. The Balaban J connectivity index is 3.27. The van der Waals surface area contributed by atoms with Crippen molar-refractivity contribution in [3.8, 4) is 0 Å². The number of hydrogen-bond donors (Lipinski definition) is 0.